The average Bonchev–Trinajstić information content (AvgIpc) is 3.08. The molecule has 0 aliphatic rings. The van der Waals surface area contributed by atoms with Crippen LogP contribution in [0.4, 0.5) is 5.69 Å². The fraction of sp³-hybridized carbons (Fsp3) is 0.297. The molecule has 4 aromatic rings. The van der Waals surface area contributed by atoms with Crippen LogP contribution in [-0.4, -0.2) is 58.5 Å². The minimum atomic E-state index is -4.34. The molecule has 2 amide bonds. The summed E-state index contributed by atoms with van der Waals surface area (Å²) >= 11 is 6.58. The Morgan fingerprint density at radius 1 is 0.854 bits per heavy atom. The van der Waals surface area contributed by atoms with Crippen molar-refractivity contribution in [2.45, 2.75) is 44.7 Å². The average molecular weight is 692 g/mol. The van der Waals surface area contributed by atoms with Gasteiger partial charge in [0.15, 0.2) is 11.5 Å². The summed E-state index contributed by atoms with van der Waals surface area (Å²) in [6, 6.07) is 26.6. The van der Waals surface area contributed by atoms with Gasteiger partial charge in [0.2, 0.25) is 11.8 Å². The number of halogens is 1. The van der Waals surface area contributed by atoms with E-state index in [9.17, 15) is 18.0 Å². The number of carbonyl (C=O) groups is 2. The number of nitrogens with one attached hydrogen (secondary N) is 1. The summed E-state index contributed by atoms with van der Waals surface area (Å²) in [5.74, 6) is -0.184. The smallest absolute Gasteiger partial charge is 0.264 e. The van der Waals surface area contributed by atoms with E-state index in [0.29, 0.717) is 22.9 Å². The number of nitrogens with zero attached hydrogens (tertiary/aromatic N) is 2. The Morgan fingerprint density at radius 2 is 1.50 bits per heavy atom. The molecule has 48 heavy (non-hydrogen) atoms. The second kappa shape index (κ2) is 16.5. The van der Waals surface area contributed by atoms with E-state index in [4.69, 9.17) is 21.1 Å². The second-order valence-electron chi connectivity index (χ2n) is 11.8. The Kier molecular flexibility index (Phi) is 12.5. The van der Waals surface area contributed by atoms with E-state index in [1.165, 1.54) is 37.3 Å². The van der Waals surface area contributed by atoms with Crippen LogP contribution in [0.1, 0.15) is 30.5 Å². The van der Waals surface area contributed by atoms with Crippen molar-refractivity contribution < 1.29 is 27.5 Å². The SMILES string of the molecule is COc1ccc(S(=O)(=O)N(CC(=O)N(Cc2ccccc2Cl)[C@H](Cc2ccccc2)C(=O)NCC(C)C)c2ccc(C)cc2)cc1OC. The van der Waals surface area contributed by atoms with Gasteiger partial charge in [-0.3, -0.25) is 13.9 Å². The molecule has 0 heterocycles. The van der Waals surface area contributed by atoms with Crippen LogP contribution in [0.5, 0.6) is 11.5 Å². The number of ether oxygens (including phenoxy) is 2. The zero-order chi connectivity index (χ0) is 34.8. The van der Waals surface area contributed by atoms with E-state index in [2.05, 4.69) is 5.32 Å². The third-order valence-electron chi connectivity index (χ3n) is 7.80. The molecule has 0 aromatic heterocycles. The first kappa shape index (κ1) is 36.3. The van der Waals surface area contributed by atoms with Gasteiger partial charge in [-0.2, -0.15) is 0 Å². The highest BCUT2D eigenvalue weighted by atomic mass is 35.5. The Balaban J connectivity index is 1.83. The van der Waals surface area contributed by atoms with Crippen molar-refractivity contribution in [2.24, 2.45) is 5.92 Å². The second-order valence-corrected chi connectivity index (χ2v) is 14.1. The van der Waals surface area contributed by atoms with Gasteiger partial charge < -0.3 is 19.7 Å². The molecule has 0 aliphatic heterocycles. The number of amides is 2. The van der Waals surface area contributed by atoms with E-state index in [1.54, 1.807) is 48.5 Å². The molecule has 254 valence electrons. The summed E-state index contributed by atoms with van der Waals surface area (Å²) in [4.78, 5) is 29.9. The molecule has 9 nitrogen and oxygen atoms in total. The molecular formula is C37H42ClN3O6S. The highest BCUT2D eigenvalue weighted by Gasteiger charge is 2.35. The van der Waals surface area contributed by atoms with Crippen LogP contribution in [0, 0.1) is 12.8 Å². The van der Waals surface area contributed by atoms with Gasteiger partial charge in [0.1, 0.15) is 12.6 Å². The van der Waals surface area contributed by atoms with Crippen molar-refractivity contribution in [2.75, 3.05) is 31.6 Å². The van der Waals surface area contributed by atoms with E-state index in [1.807, 2.05) is 51.1 Å². The Morgan fingerprint density at radius 3 is 2.12 bits per heavy atom. The molecule has 11 heteroatoms. The summed E-state index contributed by atoms with van der Waals surface area (Å²) in [6.45, 7) is 5.64. The molecular weight excluding hydrogens is 650 g/mol. The zero-order valence-corrected chi connectivity index (χ0v) is 29.4. The lowest BCUT2D eigenvalue weighted by Crippen LogP contribution is -2.53. The molecule has 0 spiro atoms. The fourth-order valence-corrected chi connectivity index (χ4v) is 6.76. The maximum Gasteiger partial charge on any atom is 0.264 e. The Labute approximate surface area is 288 Å². The topological polar surface area (TPSA) is 105 Å². The van der Waals surface area contributed by atoms with Crippen molar-refractivity contribution in [3.8, 4) is 11.5 Å². The highest BCUT2D eigenvalue weighted by Crippen LogP contribution is 2.33. The molecule has 0 saturated carbocycles. The lowest BCUT2D eigenvalue weighted by molar-refractivity contribution is -0.140. The van der Waals surface area contributed by atoms with E-state index >= 15 is 0 Å². The quantitative estimate of drug-likeness (QED) is 0.158. The van der Waals surface area contributed by atoms with Gasteiger partial charge in [-0.1, -0.05) is 91.7 Å². The number of hydrogen-bond acceptors (Lipinski definition) is 6. The van der Waals surface area contributed by atoms with Crippen molar-refractivity contribution in [3.63, 3.8) is 0 Å². The molecule has 0 fully saturated rings. The van der Waals surface area contributed by atoms with Gasteiger partial charge in [-0.15, -0.1) is 0 Å². The molecule has 0 radical (unpaired) electrons. The van der Waals surface area contributed by atoms with Crippen molar-refractivity contribution in [1.82, 2.24) is 10.2 Å². The highest BCUT2D eigenvalue weighted by molar-refractivity contribution is 7.92. The fourth-order valence-electron chi connectivity index (χ4n) is 5.13. The summed E-state index contributed by atoms with van der Waals surface area (Å²) < 4.78 is 40.5. The summed E-state index contributed by atoms with van der Waals surface area (Å²) in [5.41, 5.74) is 2.66. The summed E-state index contributed by atoms with van der Waals surface area (Å²) in [7, 11) is -1.46. The Hall–Kier alpha value is -4.54. The van der Waals surface area contributed by atoms with Crippen LogP contribution in [0.2, 0.25) is 5.02 Å². The predicted octanol–water partition coefficient (Wildman–Crippen LogP) is 6.27. The molecule has 4 rings (SSSR count). The zero-order valence-electron chi connectivity index (χ0n) is 27.9. The number of hydrogen-bond donors (Lipinski definition) is 1. The number of carbonyl (C=O) groups excluding carboxylic acids is 2. The van der Waals surface area contributed by atoms with Crippen LogP contribution in [-0.2, 0) is 32.6 Å². The number of sulfonamides is 1. The number of aryl methyl sites for hydroxylation is 1. The van der Waals surface area contributed by atoms with Gasteiger partial charge in [-0.05, 0) is 54.3 Å². The van der Waals surface area contributed by atoms with Gasteiger partial charge in [0.05, 0.1) is 24.8 Å². The van der Waals surface area contributed by atoms with E-state index < -0.39 is 28.5 Å². The number of anilines is 1. The summed E-state index contributed by atoms with van der Waals surface area (Å²) in [5, 5.41) is 3.41. The maximum absolute atomic E-state index is 14.6. The Bertz CT molecular complexity index is 1800. The number of methoxy groups -OCH3 is 2. The minimum absolute atomic E-state index is 0.0246. The molecule has 1 N–H and O–H groups in total. The maximum atomic E-state index is 14.6. The lowest BCUT2D eigenvalue weighted by atomic mass is 10.0. The monoisotopic (exact) mass is 691 g/mol. The van der Waals surface area contributed by atoms with Crippen LogP contribution < -0.4 is 19.1 Å². The normalized spacial score (nSPS) is 11.9. The molecule has 0 unspecified atom stereocenters. The largest absolute Gasteiger partial charge is 0.493 e. The third-order valence-corrected chi connectivity index (χ3v) is 9.94. The molecule has 0 bridgehead atoms. The first-order chi connectivity index (χ1) is 22.9. The van der Waals surface area contributed by atoms with Crippen molar-refractivity contribution in [1.29, 1.82) is 0 Å². The van der Waals surface area contributed by atoms with Crippen LogP contribution >= 0.6 is 11.6 Å². The van der Waals surface area contributed by atoms with Crippen LogP contribution in [0.15, 0.2) is 102 Å². The molecule has 0 saturated heterocycles. The van der Waals surface area contributed by atoms with Gasteiger partial charge in [0.25, 0.3) is 10.0 Å². The van der Waals surface area contributed by atoms with Gasteiger partial charge >= 0.3 is 0 Å². The van der Waals surface area contributed by atoms with Crippen molar-refractivity contribution >= 4 is 39.1 Å². The first-order valence-electron chi connectivity index (χ1n) is 15.6. The summed E-state index contributed by atoms with van der Waals surface area (Å²) in [6.07, 6.45) is 0.202. The molecule has 4 aromatic carbocycles. The number of benzene rings is 4. The predicted molar refractivity (Wildman–Crippen MR) is 189 cm³/mol. The lowest BCUT2D eigenvalue weighted by Gasteiger charge is -2.34. The number of rotatable bonds is 15. The first-order valence-corrected chi connectivity index (χ1v) is 17.4. The molecule has 1 atom stereocenters. The molecule has 0 aliphatic carbocycles. The van der Waals surface area contributed by atoms with E-state index in [0.717, 1.165) is 15.4 Å². The van der Waals surface area contributed by atoms with Crippen molar-refractivity contribution in [3.05, 3.63) is 119 Å². The standard InChI is InChI=1S/C37H42ClN3O6S/c1-26(2)23-39-37(43)33(21-28-11-7-6-8-12-28)40(24-29-13-9-10-14-32(29)38)36(42)25-41(30-17-15-27(3)16-18-30)48(44,45)31-19-20-34(46-4)35(22-31)47-5/h6-20,22,26,33H,21,23-25H2,1-5H3,(H,39,43)/t33-/m1/s1. The van der Waals surface area contributed by atoms with Gasteiger partial charge in [0, 0.05) is 30.6 Å². The van der Waals surface area contributed by atoms with Gasteiger partial charge in [-0.25, -0.2) is 8.42 Å². The van der Waals surface area contributed by atoms with E-state index in [-0.39, 0.29) is 41.1 Å². The minimum Gasteiger partial charge on any atom is -0.493 e. The van der Waals surface area contributed by atoms with Crippen LogP contribution in [0.3, 0.4) is 0 Å². The third kappa shape index (κ3) is 9.08. The van der Waals surface area contributed by atoms with Crippen LogP contribution in [0.25, 0.3) is 0 Å².